The summed E-state index contributed by atoms with van der Waals surface area (Å²) in [4.78, 5) is 30.3. The van der Waals surface area contributed by atoms with E-state index in [1.54, 1.807) is 13.8 Å². The molecule has 0 saturated heterocycles. The second-order valence-corrected chi connectivity index (χ2v) is 5.20. The van der Waals surface area contributed by atoms with Gasteiger partial charge in [0.1, 0.15) is 11.9 Å². The van der Waals surface area contributed by atoms with Gasteiger partial charge in [-0.3, -0.25) is 14.7 Å². The topological polar surface area (TPSA) is 130 Å². The Labute approximate surface area is 127 Å². The number of carbonyl (C=O) groups excluding carboxylic acids is 1. The maximum atomic E-state index is 12.1. The first-order chi connectivity index (χ1) is 10.4. The van der Waals surface area contributed by atoms with Gasteiger partial charge in [-0.2, -0.15) is 5.10 Å². The normalized spacial score (nSPS) is 12.2. The zero-order valence-electron chi connectivity index (χ0n) is 12.9. The van der Waals surface area contributed by atoms with E-state index in [9.17, 15) is 9.59 Å². The number of nitrogens with two attached hydrogens (primary N) is 1. The van der Waals surface area contributed by atoms with Crippen molar-refractivity contribution in [3.63, 3.8) is 0 Å². The number of aromatic nitrogens is 4. The Hall–Kier alpha value is -2.48. The molecule has 0 aliphatic carbocycles. The molecule has 2 aromatic rings. The molecule has 0 fully saturated rings. The predicted octanol–water partition coefficient (Wildman–Crippen LogP) is -0.223. The molecule has 1 amide bonds. The van der Waals surface area contributed by atoms with Gasteiger partial charge >= 0.3 is 0 Å². The van der Waals surface area contributed by atoms with Crippen LogP contribution in [0.2, 0.25) is 0 Å². The van der Waals surface area contributed by atoms with Crippen LogP contribution in [0, 0.1) is 20.8 Å². The van der Waals surface area contributed by atoms with E-state index in [0.29, 0.717) is 35.7 Å². The SMILES string of the molecule is Cc1cc(=O)[nH]c(CCNC(=O)C(N)c2c(C)n[nH]c2C)n1. The number of H-pyrrole nitrogens is 2. The first-order valence-electron chi connectivity index (χ1n) is 7.00. The van der Waals surface area contributed by atoms with Crippen LogP contribution in [0.5, 0.6) is 0 Å². The highest BCUT2D eigenvalue weighted by Crippen LogP contribution is 2.17. The molecule has 118 valence electrons. The second kappa shape index (κ2) is 6.52. The van der Waals surface area contributed by atoms with Gasteiger partial charge in [0.15, 0.2) is 0 Å². The van der Waals surface area contributed by atoms with Crippen LogP contribution >= 0.6 is 0 Å². The molecule has 22 heavy (non-hydrogen) atoms. The number of carbonyl (C=O) groups is 1. The standard InChI is InChI=1S/C14H20N6O2/c1-7-6-11(21)18-10(17-7)4-5-16-14(22)13(15)12-8(2)19-20-9(12)3/h6,13H,4-5,15H2,1-3H3,(H,16,22)(H,19,20)(H,17,18,21). The molecule has 0 aliphatic heterocycles. The van der Waals surface area contributed by atoms with Gasteiger partial charge in [0.05, 0.1) is 5.69 Å². The number of hydrogen-bond acceptors (Lipinski definition) is 5. The van der Waals surface area contributed by atoms with Gasteiger partial charge in [0.25, 0.3) is 5.56 Å². The summed E-state index contributed by atoms with van der Waals surface area (Å²) in [5.74, 6) is 0.247. The number of hydrogen-bond donors (Lipinski definition) is 4. The number of aromatic amines is 2. The van der Waals surface area contributed by atoms with Crippen molar-refractivity contribution in [2.24, 2.45) is 5.73 Å². The first kappa shape index (κ1) is 15.9. The molecule has 2 rings (SSSR count). The molecular formula is C14H20N6O2. The molecule has 0 radical (unpaired) electrons. The molecule has 2 aromatic heterocycles. The highest BCUT2D eigenvalue weighted by atomic mass is 16.2. The van der Waals surface area contributed by atoms with E-state index in [1.807, 2.05) is 6.92 Å². The van der Waals surface area contributed by atoms with Crippen LogP contribution < -0.4 is 16.6 Å². The molecule has 0 spiro atoms. The van der Waals surface area contributed by atoms with Crippen molar-refractivity contribution < 1.29 is 4.79 Å². The first-order valence-corrected chi connectivity index (χ1v) is 7.00. The molecule has 0 aliphatic rings. The third kappa shape index (κ3) is 3.59. The zero-order chi connectivity index (χ0) is 16.3. The van der Waals surface area contributed by atoms with E-state index >= 15 is 0 Å². The van der Waals surface area contributed by atoms with Crippen LogP contribution in [0.1, 0.15) is 34.5 Å². The fraction of sp³-hybridized carbons (Fsp3) is 0.429. The van der Waals surface area contributed by atoms with Gasteiger partial charge in [-0.15, -0.1) is 0 Å². The van der Waals surface area contributed by atoms with Gasteiger partial charge < -0.3 is 16.0 Å². The third-order valence-electron chi connectivity index (χ3n) is 3.36. The predicted molar refractivity (Wildman–Crippen MR) is 81.3 cm³/mol. The van der Waals surface area contributed by atoms with Crippen molar-refractivity contribution in [1.82, 2.24) is 25.5 Å². The number of rotatable bonds is 5. The Kier molecular flexibility index (Phi) is 4.71. The van der Waals surface area contributed by atoms with Crippen LogP contribution in [0.25, 0.3) is 0 Å². The molecule has 5 N–H and O–H groups in total. The summed E-state index contributed by atoms with van der Waals surface area (Å²) in [5, 5.41) is 9.58. The molecule has 8 heteroatoms. The molecule has 0 saturated carbocycles. The summed E-state index contributed by atoms with van der Waals surface area (Å²) in [5.41, 5.74) is 8.62. The van der Waals surface area contributed by atoms with Crippen molar-refractivity contribution in [2.45, 2.75) is 33.2 Å². The molecular weight excluding hydrogens is 284 g/mol. The molecule has 8 nitrogen and oxygen atoms in total. The van der Waals surface area contributed by atoms with E-state index in [2.05, 4.69) is 25.5 Å². The Morgan fingerprint density at radius 1 is 1.41 bits per heavy atom. The Balaban J connectivity index is 1.94. The van der Waals surface area contributed by atoms with Gasteiger partial charge in [-0.1, -0.05) is 0 Å². The molecule has 1 unspecified atom stereocenters. The average molecular weight is 304 g/mol. The maximum Gasteiger partial charge on any atom is 0.251 e. The van der Waals surface area contributed by atoms with E-state index < -0.39 is 6.04 Å². The van der Waals surface area contributed by atoms with Crippen LogP contribution in [0.3, 0.4) is 0 Å². The smallest absolute Gasteiger partial charge is 0.251 e. The van der Waals surface area contributed by atoms with E-state index in [1.165, 1.54) is 6.07 Å². The van der Waals surface area contributed by atoms with Gasteiger partial charge in [-0.25, -0.2) is 4.98 Å². The van der Waals surface area contributed by atoms with E-state index in [4.69, 9.17) is 5.73 Å². The van der Waals surface area contributed by atoms with Crippen molar-refractivity contribution >= 4 is 5.91 Å². The van der Waals surface area contributed by atoms with Crippen molar-refractivity contribution in [3.05, 3.63) is 44.9 Å². The van der Waals surface area contributed by atoms with Gasteiger partial charge in [0, 0.05) is 36.0 Å². The summed E-state index contributed by atoms with van der Waals surface area (Å²) in [6, 6.07) is 0.644. The maximum absolute atomic E-state index is 12.1. The number of aryl methyl sites for hydroxylation is 3. The van der Waals surface area contributed by atoms with Crippen LogP contribution in [-0.2, 0) is 11.2 Å². The minimum absolute atomic E-state index is 0.199. The van der Waals surface area contributed by atoms with E-state index in [0.717, 1.165) is 5.69 Å². The van der Waals surface area contributed by atoms with Crippen LogP contribution in [0.15, 0.2) is 10.9 Å². The summed E-state index contributed by atoms with van der Waals surface area (Å²) in [7, 11) is 0. The number of nitrogens with zero attached hydrogens (tertiary/aromatic N) is 2. The molecule has 1 atom stereocenters. The second-order valence-electron chi connectivity index (χ2n) is 5.20. The van der Waals surface area contributed by atoms with Crippen molar-refractivity contribution in [3.8, 4) is 0 Å². The Morgan fingerprint density at radius 2 is 2.14 bits per heavy atom. The van der Waals surface area contributed by atoms with Gasteiger partial charge in [-0.05, 0) is 20.8 Å². The minimum Gasteiger partial charge on any atom is -0.354 e. The minimum atomic E-state index is -0.775. The average Bonchev–Trinajstić information content (AvgIpc) is 2.76. The summed E-state index contributed by atoms with van der Waals surface area (Å²) in [6.07, 6.45) is 0.429. The molecule has 2 heterocycles. The quantitative estimate of drug-likeness (QED) is 0.606. The largest absolute Gasteiger partial charge is 0.354 e. The lowest BCUT2D eigenvalue weighted by Crippen LogP contribution is -2.36. The van der Waals surface area contributed by atoms with Crippen LogP contribution in [-0.4, -0.2) is 32.6 Å². The molecule has 0 aromatic carbocycles. The highest BCUT2D eigenvalue weighted by Gasteiger charge is 2.21. The zero-order valence-corrected chi connectivity index (χ0v) is 12.9. The summed E-state index contributed by atoms with van der Waals surface area (Å²) >= 11 is 0. The summed E-state index contributed by atoms with van der Waals surface area (Å²) in [6.45, 7) is 5.71. The molecule has 0 bridgehead atoms. The third-order valence-corrected chi connectivity index (χ3v) is 3.36. The fourth-order valence-electron chi connectivity index (χ4n) is 2.32. The lowest BCUT2D eigenvalue weighted by molar-refractivity contribution is -0.122. The monoisotopic (exact) mass is 304 g/mol. The van der Waals surface area contributed by atoms with Gasteiger partial charge in [0.2, 0.25) is 5.91 Å². The number of nitrogens with one attached hydrogen (secondary N) is 3. The number of amides is 1. The Bertz CT molecular complexity index is 714. The Morgan fingerprint density at radius 3 is 2.73 bits per heavy atom. The van der Waals surface area contributed by atoms with Crippen LogP contribution in [0.4, 0.5) is 0 Å². The lowest BCUT2D eigenvalue weighted by Gasteiger charge is -2.12. The highest BCUT2D eigenvalue weighted by molar-refractivity contribution is 5.83. The van der Waals surface area contributed by atoms with Crippen molar-refractivity contribution in [1.29, 1.82) is 0 Å². The fourth-order valence-corrected chi connectivity index (χ4v) is 2.32. The van der Waals surface area contributed by atoms with Crippen molar-refractivity contribution in [2.75, 3.05) is 6.54 Å². The summed E-state index contributed by atoms with van der Waals surface area (Å²) < 4.78 is 0. The lowest BCUT2D eigenvalue weighted by atomic mass is 10.1. The van der Waals surface area contributed by atoms with E-state index in [-0.39, 0.29) is 11.5 Å².